The molecule has 5 heteroatoms. The number of nitrogens with zero attached hydrogens (tertiary/aromatic N) is 3. The summed E-state index contributed by atoms with van der Waals surface area (Å²) in [6.45, 7) is 0. The molecule has 0 saturated heterocycles. The van der Waals surface area contributed by atoms with Gasteiger partial charge < -0.3 is 0 Å². The molecule has 4 nitrogen and oxygen atoms in total. The molecule has 94 valence electrons. The van der Waals surface area contributed by atoms with Crippen molar-refractivity contribution in [2.75, 3.05) is 0 Å². The highest BCUT2D eigenvalue weighted by molar-refractivity contribution is 9.10. The van der Waals surface area contributed by atoms with Gasteiger partial charge in [0.05, 0.1) is 23.5 Å². The normalized spacial score (nSPS) is 10.8. The summed E-state index contributed by atoms with van der Waals surface area (Å²) in [5.41, 5.74) is 2.32. The van der Waals surface area contributed by atoms with E-state index in [1.54, 1.807) is 29.3 Å². The Morgan fingerprint density at radius 1 is 1.32 bits per heavy atom. The molecule has 0 radical (unpaired) electrons. The van der Waals surface area contributed by atoms with E-state index in [4.69, 9.17) is 0 Å². The average molecular weight is 316 g/mol. The summed E-state index contributed by atoms with van der Waals surface area (Å²) in [6, 6.07) is 7.74. The maximum atomic E-state index is 12.3. The maximum absolute atomic E-state index is 12.3. The quantitative estimate of drug-likeness (QED) is 0.698. The van der Waals surface area contributed by atoms with Crippen LogP contribution in [-0.2, 0) is 6.42 Å². The molecule has 0 fully saturated rings. The molecule has 0 unspecified atom stereocenters. The van der Waals surface area contributed by atoms with Crippen LogP contribution in [0.25, 0.3) is 5.52 Å². The second-order valence-electron chi connectivity index (χ2n) is 4.19. The largest absolute Gasteiger partial charge is 0.294 e. The van der Waals surface area contributed by atoms with Crippen molar-refractivity contribution in [3.8, 4) is 0 Å². The molecule has 3 aromatic rings. The molecule has 0 N–H and O–H groups in total. The van der Waals surface area contributed by atoms with Gasteiger partial charge in [-0.1, -0.05) is 28.1 Å². The number of hydrogen-bond donors (Lipinski definition) is 0. The molecule has 2 heterocycles. The van der Waals surface area contributed by atoms with Crippen LogP contribution in [0.1, 0.15) is 15.9 Å². The number of fused-ring (bicyclic) bond motifs is 1. The van der Waals surface area contributed by atoms with Crippen molar-refractivity contribution in [2.45, 2.75) is 6.42 Å². The number of ketones is 1. The highest BCUT2D eigenvalue weighted by Gasteiger charge is 2.13. The highest BCUT2D eigenvalue weighted by atomic mass is 79.9. The van der Waals surface area contributed by atoms with Gasteiger partial charge in [0.2, 0.25) is 0 Å². The van der Waals surface area contributed by atoms with E-state index in [-0.39, 0.29) is 5.78 Å². The molecule has 0 aliphatic rings. The molecule has 0 bridgehead atoms. The zero-order valence-corrected chi connectivity index (χ0v) is 11.5. The van der Waals surface area contributed by atoms with Crippen molar-refractivity contribution in [1.82, 2.24) is 14.6 Å². The van der Waals surface area contributed by atoms with Crippen LogP contribution in [-0.4, -0.2) is 20.4 Å². The molecular formula is C14H10BrN3O. The van der Waals surface area contributed by atoms with Crippen LogP contribution >= 0.6 is 15.9 Å². The molecule has 0 atom stereocenters. The predicted octanol–water partition coefficient (Wildman–Crippen LogP) is 2.92. The zero-order valence-electron chi connectivity index (χ0n) is 9.95. The fraction of sp³-hybridized carbons (Fsp3) is 0.0714. The van der Waals surface area contributed by atoms with E-state index in [9.17, 15) is 4.79 Å². The van der Waals surface area contributed by atoms with Gasteiger partial charge in [0.15, 0.2) is 5.78 Å². The van der Waals surface area contributed by atoms with Gasteiger partial charge in [-0.25, -0.2) is 4.52 Å². The Labute approximate surface area is 118 Å². The van der Waals surface area contributed by atoms with Crippen LogP contribution in [0.2, 0.25) is 0 Å². The molecule has 0 aliphatic carbocycles. The van der Waals surface area contributed by atoms with Gasteiger partial charge in [-0.2, -0.15) is 5.10 Å². The minimum Gasteiger partial charge on any atom is -0.294 e. The fourth-order valence-electron chi connectivity index (χ4n) is 1.98. The first-order chi connectivity index (χ1) is 9.24. The third-order valence-electron chi connectivity index (χ3n) is 2.88. The van der Waals surface area contributed by atoms with E-state index in [0.717, 1.165) is 15.6 Å². The Balaban J connectivity index is 1.92. The van der Waals surface area contributed by atoms with Gasteiger partial charge in [0.25, 0.3) is 0 Å². The monoisotopic (exact) mass is 315 g/mol. The lowest BCUT2D eigenvalue weighted by molar-refractivity contribution is 0.0994. The van der Waals surface area contributed by atoms with E-state index in [0.29, 0.717) is 12.0 Å². The number of hydrogen-bond acceptors (Lipinski definition) is 3. The maximum Gasteiger partial charge on any atom is 0.171 e. The molecule has 0 aliphatic heterocycles. The van der Waals surface area contributed by atoms with E-state index < -0.39 is 0 Å². The van der Waals surface area contributed by atoms with Gasteiger partial charge >= 0.3 is 0 Å². The van der Waals surface area contributed by atoms with E-state index in [1.165, 1.54) is 0 Å². The first kappa shape index (κ1) is 12.0. The van der Waals surface area contributed by atoms with Crippen LogP contribution in [0.15, 0.2) is 53.5 Å². The summed E-state index contributed by atoms with van der Waals surface area (Å²) < 4.78 is 2.63. The lowest BCUT2D eigenvalue weighted by Crippen LogP contribution is -2.03. The van der Waals surface area contributed by atoms with Gasteiger partial charge in [0.1, 0.15) is 0 Å². The smallest absolute Gasteiger partial charge is 0.171 e. The van der Waals surface area contributed by atoms with Crippen molar-refractivity contribution in [2.24, 2.45) is 0 Å². The van der Waals surface area contributed by atoms with Crippen molar-refractivity contribution in [1.29, 1.82) is 0 Å². The number of carbonyl (C=O) groups excluding carboxylic acids is 1. The summed E-state index contributed by atoms with van der Waals surface area (Å²) in [5.74, 6) is 0.0427. The number of Topliss-reactive ketones (excluding diaryl/α,β-unsaturated/α-hetero) is 1. The van der Waals surface area contributed by atoms with E-state index >= 15 is 0 Å². The number of carbonyl (C=O) groups is 1. The third-order valence-corrected chi connectivity index (χ3v) is 3.37. The van der Waals surface area contributed by atoms with E-state index in [1.807, 2.05) is 24.3 Å². The average Bonchev–Trinajstić information content (AvgIpc) is 2.82. The second-order valence-corrected chi connectivity index (χ2v) is 5.11. The molecule has 2 aromatic heterocycles. The summed E-state index contributed by atoms with van der Waals surface area (Å²) >= 11 is 3.40. The lowest BCUT2D eigenvalue weighted by Gasteiger charge is -2.01. The summed E-state index contributed by atoms with van der Waals surface area (Å²) in [5, 5.41) is 4.15. The van der Waals surface area contributed by atoms with Crippen molar-refractivity contribution >= 4 is 27.2 Å². The number of benzene rings is 1. The molecule has 3 rings (SSSR count). The minimum absolute atomic E-state index is 0.0427. The Kier molecular flexibility index (Phi) is 3.13. The summed E-state index contributed by atoms with van der Waals surface area (Å²) in [7, 11) is 0. The Hall–Kier alpha value is -2.01. The van der Waals surface area contributed by atoms with E-state index in [2.05, 4.69) is 26.0 Å². The molecule has 1 aromatic carbocycles. The van der Waals surface area contributed by atoms with Gasteiger partial charge in [-0.3, -0.25) is 9.78 Å². The first-order valence-electron chi connectivity index (χ1n) is 5.79. The van der Waals surface area contributed by atoms with Crippen LogP contribution in [0, 0.1) is 0 Å². The van der Waals surface area contributed by atoms with Crippen molar-refractivity contribution in [3.05, 3.63) is 64.7 Å². The number of rotatable bonds is 3. The predicted molar refractivity (Wildman–Crippen MR) is 75.2 cm³/mol. The van der Waals surface area contributed by atoms with Crippen LogP contribution in [0.5, 0.6) is 0 Å². The van der Waals surface area contributed by atoms with Crippen molar-refractivity contribution < 1.29 is 4.79 Å². The molecular weight excluding hydrogens is 306 g/mol. The van der Waals surface area contributed by atoms with Crippen LogP contribution < -0.4 is 0 Å². The zero-order chi connectivity index (χ0) is 13.2. The SMILES string of the molecule is O=C(Cc1cccc(Br)c1)c1cnn2ccncc12. The Morgan fingerprint density at radius 3 is 3.05 bits per heavy atom. The molecule has 0 saturated carbocycles. The fourth-order valence-corrected chi connectivity index (χ4v) is 2.42. The number of halogens is 1. The Bertz CT molecular complexity index is 751. The second kappa shape index (κ2) is 4.93. The van der Waals surface area contributed by atoms with Crippen LogP contribution in [0.3, 0.4) is 0 Å². The summed E-state index contributed by atoms with van der Waals surface area (Å²) in [4.78, 5) is 16.3. The standard InChI is InChI=1S/C14H10BrN3O/c15-11-3-1-2-10(6-11)7-14(19)12-8-17-18-5-4-16-9-13(12)18/h1-6,8-9H,7H2. The van der Waals surface area contributed by atoms with Gasteiger partial charge in [0, 0.05) is 23.3 Å². The molecule has 19 heavy (non-hydrogen) atoms. The van der Waals surface area contributed by atoms with Crippen molar-refractivity contribution in [3.63, 3.8) is 0 Å². The molecule has 0 amide bonds. The third kappa shape index (κ3) is 2.42. The first-order valence-corrected chi connectivity index (χ1v) is 6.58. The van der Waals surface area contributed by atoms with Gasteiger partial charge in [-0.05, 0) is 17.7 Å². The topological polar surface area (TPSA) is 47.3 Å². The Morgan fingerprint density at radius 2 is 2.21 bits per heavy atom. The summed E-state index contributed by atoms with van der Waals surface area (Å²) in [6.07, 6.45) is 6.97. The number of aromatic nitrogens is 3. The molecule has 0 spiro atoms. The minimum atomic E-state index is 0.0427. The highest BCUT2D eigenvalue weighted by Crippen LogP contribution is 2.16. The van der Waals surface area contributed by atoms with Gasteiger partial charge in [-0.15, -0.1) is 0 Å². The lowest BCUT2D eigenvalue weighted by atomic mass is 10.0. The van der Waals surface area contributed by atoms with Crippen LogP contribution in [0.4, 0.5) is 0 Å².